The number of fused-ring (bicyclic) bond motifs is 1. The van der Waals surface area contributed by atoms with Gasteiger partial charge in [-0.3, -0.25) is 13.9 Å². The predicted octanol–water partition coefficient (Wildman–Crippen LogP) is 4.33. The minimum atomic E-state index is -4.44. The van der Waals surface area contributed by atoms with Gasteiger partial charge in [-0.15, -0.1) is 0 Å². The van der Waals surface area contributed by atoms with Crippen molar-refractivity contribution in [2.75, 3.05) is 18.9 Å². The number of nitrogens with zero attached hydrogens (tertiary/aromatic N) is 7. The maximum absolute atomic E-state index is 14.1. The summed E-state index contributed by atoms with van der Waals surface area (Å²) < 4.78 is 57.8. The molecule has 3 aromatic rings. The second kappa shape index (κ2) is 14.4. The molecular formula is C28H37FN9O8P. The number of nitrogen functional groups attached to an aromatic ring is 1. The van der Waals surface area contributed by atoms with Crippen LogP contribution in [0.5, 0.6) is 11.6 Å². The number of carbonyl (C=O) groups excluding carboxylic acids is 1. The third-order valence-corrected chi connectivity index (χ3v) is 9.59. The normalized spacial score (nSPS) is 25.1. The number of ether oxygens (including phenoxy) is 3. The Morgan fingerprint density at radius 3 is 2.72 bits per heavy atom. The molecule has 2 aliphatic rings. The quantitative estimate of drug-likeness (QED) is 0.0753. The first-order chi connectivity index (χ1) is 22.5. The van der Waals surface area contributed by atoms with Gasteiger partial charge in [-0.25, -0.2) is 13.9 Å². The topological polar surface area (TPSA) is 231 Å². The fraction of sp³-hybridized carbons (Fsp3) is 0.571. The molecule has 3 heterocycles. The van der Waals surface area contributed by atoms with Crippen LogP contribution in [-0.4, -0.2) is 73.7 Å². The highest BCUT2D eigenvalue weighted by Gasteiger charge is 2.55. The molecule has 6 atom stereocenters. The number of benzene rings is 1. The lowest BCUT2D eigenvalue weighted by Gasteiger charge is -2.28. The molecule has 0 bridgehead atoms. The molecule has 17 nitrogen and oxygen atoms in total. The Kier molecular flexibility index (Phi) is 10.5. The second-order valence-electron chi connectivity index (χ2n) is 11.4. The van der Waals surface area contributed by atoms with Gasteiger partial charge in [0.05, 0.1) is 25.6 Å². The van der Waals surface area contributed by atoms with Crippen molar-refractivity contribution >= 4 is 30.8 Å². The van der Waals surface area contributed by atoms with Crippen molar-refractivity contribution < 1.29 is 42.1 Å². The van der Waals surface area contributed by atoms with E-state index in [0.29, 0.717) is 0 Å². The Hall–Kier alpha value is -4.05. The number of azide groups is 1. The number of aliphatic hydroxyl groups excluding tert-OH is 1. The molecule has 5 rings (SSSR count). The van der Waals surface area contributed by atoms with Gasteiger partial charge in [0.25, 0.3) is 0 Å². The van der Waals surface area contributed by atoms with Gasteiger partial charge in [0.1, 0.15) is 35.4 Å². The monoisotopic (exact) mass is 677 g/mol. The van der Waals surface area contributed by atoms with E-state index in [0.717, 1.165) is 44.2 Å². The molecule has 0 amide bonds. The molecule has 2 fully saturated rings. The maximum Gasteiger partial charge on any atom is 0.459 e. The van der Waals surface area contributed by atoms with Gasteiger partial charge in [-0.1, -0.05) is 11.5 Å². The Balaban J connectivity index is 1.39. The van der Waals surface area contributed by atoms with Crippen LogP contribution < -0.4 is 20.1 Å². The van der Waals surface area contributed by atoms with E-state index in [4.69, 9.17) is 29.0 Å². The Morgan fingerprint density at radius 2 is 2.04 bits per heavy atom. The van der Waals surface area contributed by atoms with E-state index in [1.807, 2.05) is 0 Å². The minimum Gasteiger partial charge on any atom is -0.476 e. The summed E-state index contributed by atoms with van der Waals surface area (Å²) in [6.07, 6.45) is 1.54. The second-order valence-corrected chi connectivity index (χ2v) is 13.1. The van der Waals surface area contributed by atoms with Crippen molar-refractivity contribution in [1.82, 2.24) is 24.6 Å². The number of carbonyl (C=O) groups is 1. The lowest BCUT2D eigenvalue weighted by molar-refractivity contribution is -0.152. The fourth-order valence-corrected chi connectivity index (χ4v) is 7.04. The number of halogens is 1. The van der Waals surface area contributed by atoms with Crippen LogP contribution in [0.25, 0.3) is 21.6 Å². The predicted molar refractivity (Wildman–Crippen MR) is 165 cm³/mol. The van der Waals surface area contributed by atoms with Crippen molar-refractivity contribution in [1.29, 1.82) is 0 Å². The zero-order valence-electron chi connectivity index (χ0n) is 26.1. The summed E-state index contributed by atoms with van der Waals surface area (Å²) in [5.74, 6) is -1.22. The average Bonchev–Trinajstić information content (AvgIpc) is 3.56. The summed E-state index contributed by atoms with van der Waals surface area (Å²) in [6.45, 7) is 4.36. The van der Waals surface area contributed by atoms with E-state index >= 15 is 0 Å². The largest absolute Gasteiger partial charge is 0.476 e. The Morgan fingerprint density at radius 1 is 1.32 bits per heavy atom. The van der Waals surface area contributed by atoms with Crippen LogP contribution in [0.15, 0.2) is 35.7 Å². The highest BCUT2D eigenvalue weighted by Crippen LogP contribution is 2.48. The summed E-state index contributed by atoms with van der Waals surface area (Å²) in [6, 6.07) is 3.54. The first-order valence-electron chi connectivity index (χ1n) is 15.2. The van der Waals surface area contributed by atoms with Crippen molar-refractivity contribution in [2.45, 2.75) is 89.0 Å². The van der Waals surface area contributed by atoms with E-state index in [1.165, 1.54) is 36.9 Å². The average molecular weight is 678 g/mol. The van der Waals surface area contributed by atoms with Crippen molar-refractivity contribution in [3.8, 4) is 11.6 Å². The van der Waals surface area contributed by atoms with Crippen LogP contribution in [0.3, 0.4) is 0 Å². The van der Waals surface area contributed by atoms with Gasteiger partial charge in [0, 0.05) is 4.91 Å². The first-order valence-corrected chi connectivity index (χ1v) is 16.7. The number of hydrogen-bond acceptors (Lipinski definition) is 13. The molecule has 1 aliphatic heterocycles. The molecule has 2 aromatic heterocycles. The summed E-state index contributed by atoms with van der Waals surface area (Å²) in [4.78, 5) is 28.4. The lowest BCUT2D eigenvalue weighted by Crippen LogP contribution is -2.43. The van der Waals surface area contributed by atoms with Gasteiger partial charge >= 0.3 is 13.7 Å². The zero-order chi connectivity index (χ0) is 33.8. The number of aromatic nitrogens is 4. The number of imidazole rings is 1. The van der Waals surface area contributed by atoms with Gasteiger partial charge in [0.15, 0.2) is 17.4 Å². The van der Waals surface area contributed by atoms with E-state index in [1.54, 1.807) is 6.92 Å². The van der Waals surface area contributed by atoms with E-state index in [9.17, 15) is 24.4 Å². The highest BCUT2D eigenvalue weighted by atomic mass is 31.2. The molecule has 0 radical (unpaired) electrons. The molecular weight excluding hydrogens is 640 g/mol. The number of anilines is 1. The smallest absolute Gasteiger partial charge is 0.459 e. The van der Waals surface area contributed by atoms with Crippen molar-refractivity contribution in [3.63, 3.8) is 0 Å². The highest BCUT2D eigenvalue weighted by molar-refractivity contribution is 7.52. The summed E-state index contributed by atoms with van der Waals surface area (Å²) in [5, 5.41) is 17.8. The minimum absolute atomic E-state index is 0.0213. The Labute approximate surface area is 269 Å². The maximum atomic E-state index is 14.1. The molecule has 254 valence electrons. The Bertz CT molecular complexity index is 1670. The number of rotatable bonds is 13. The molecule has 19 heteroatoms. The van der Waals surface area contributed by atoms with Crippen molar-refractivity contribution in [2.24, 2.45) is 5.11 Å². The molecule has 1 aliphatic carbocycles. The fourth-order valence-electron chi connectivity index (χ4n) is 5.53. The van der Waals surface area contributed by atoms with Gasteiger partial charge in [0.2, 0.25) is 11.8 Å². The molecule has 0 spiro atoms. The number of nitrogens with two attached hydrogens (primary N) is 1. The molecule has 47 heavy (non-hydrogen) atoms. The summed E-state index contributed by atoms with van der Waals surface area (Å²) >= 11 is 0. The van der Waals surface area contributed by atoms with Crippen molar-refractivity contribution in [3.05, 3.63) is 46.9 Å². The molecule has 1 unspecified atom stereocenters. The molecule has 1 saturated carbocycles. The van der Waals surface area contributed by atoms with Crippen LogP contribution >= 0.6 is 7.75 Å². The van der Waals surface area contributed by atoms with Crippen LogP contribution in [0.4, 0.5) is 10.3 Å². The molecule has 4 N–H and O–H groups in total. The third-order valence-electron chi connectivity index (χ3n) is 7.94. The number of hydrogen-bond donors (Lipinski definition) is 3. The zero-order valence-corrected chi connectivity index (χ0v) is 27.0. The number of aliphatic hydroxyl groups is 1. The van der Waals surface area contributed by atoms with Gasteiger partial charge in [-0.2, -0.15) is 15.1 Å². The van der Waals surface area contributed by atoms with E-state index < -0.39 is 56.2 Å². The molecule has 1 saturated heterocycles. The first kappa shape index (κ1) is 34.3. The van der Waals surface area contributed by atoms with Crippen LogP contribution in [0.1, 0.15) is 59.1 Å². The number of esters is 1. The van der Waals surface area contributed by atoms with E-state index in [-0.39, 0.29) is 41.5 Å². The van der Waals surface area contributed by atoms with E-state index in [2.05, 4.69) is 30.1 Å². The van der Waals surface area contributed by atoms with Crippen LogP contribution in [0, 0.1) is 5.82 Å². The third kappa shape index (κ3) is 7.59. The standard InChI is InChI=1S/C28H37FN9O8P/c1-4-42-24-21-23(33-27(30)34-24)38(15-32-21)26-28(3,36-37-31)22(39)20(45-26)14-43-47(41,46-19-12-10-17(29)11-13-19)35-16(2)25(40)44-18-8-6-5-7-9-18/h10-13,15-16,18,20,22,26,39H,4-9,14H2,1-3H3,(H,35,41)(H2,30,33,34)/t16-,20+,22+,26+,28+,47?/m0/s1. The van der Waals surface area contributed by atoms with Crippen LogP contribution in [0.2, 0.25) is 0 Å². The SMILES string of the molecule is CCOc1nc(N)nc2c1ncn2[C@@H]1O[C@H](COP(=O)(N[C@@H](C)C(=O)OC2CCCCC2)Oc2ccc(F)cc2)[C@@H](O)[C@@]1(C)N=[N+]=[N-]. The summed E-state index contributed by atoms with van der Waals surface area (Å²) in [7, 11) is -4.44. The van der Waals surface area contributed by atoms with Gasteiger partial charge in [-0.05, 0) is 76.3 Å². The molecule has 1 aromatic carbocycles. The van der Waals surface area contributed by atoms with Crippen LogP contribution in [-0.2, 0) is 23.4 Å². The van der Waals surface area contributed by atoms with Gasteiger partial charge < -0.3 is 29.6 Å². The lowest BCUT2D eigenvalue weighted by atomic mass is 9.93. The number of nitrogens with one attached hydrogen (secondary N) is 1. The summed E-state index contributed by atoms with van der Waals surface area (Å²) in [5.41, 5.74) is 14.1.